The summed E-state index contributed by atoms with van der Waals surface area (Å²) in [5.74, 6) is -0.160. The fourth-order valence-electron chi connectivity index (χ4n) is 2.82. The number of nitrogens with one attached hydrogen (secondary N) is 1. The Balaban J connectivity index is 0.000000194. The number of H-pyrrole nitrogens is 1. The average molecular weight is 386 g/mol. The second-order valence-electron chi connectivity index (χ2n) is 6.88. The molecule has 0 aliphatic carbocycles. The van der Waals surface area contributed by atoms with Gasteiger partial charge in [-0.05, 0) is 24.0 Å². The first kappa shape index (κ1) is 21.1. The van der Waals surface area contributed by atoms with Crippen molar-refractivity contribution in [1.29, 1.82) is 0 Å². The van der Waals surface area contributed by atoms with Crippen LogP contribution in [0, 0.1) is 0 Å². The van der Waals surface area contributed by atoms with E-state index in [0.29, 0.717) is 34.3 Å². The first-order valence-corrected chi connectivity index (χ1v) is 8.71. The van der Waals surface area contributed by atoms with Crippen molar-refractivity contribution >= 4 is 22.5 Å². The van der Waals surface area contributed by atoms with Gasteiger partial charge in [0.2, 0.25) is 0 Å². The van der Waals surface area contributed by atoms with Crippen LogP contribution in [0.25, 0.3) is 22.5 Å². The van der Waals surface area contributed by atoms with E-state index in [4.69, 9.17) is 8.83 Å². The van der Waals surface area contributed by atoms with E-state index in [0.717, 1.165) is 11.1 Å². The molecule has 0 bridgehead atoms. The maximum atomic E-state index is 11.3. The Morgan fingerprint density at radius 1 is 0.929 bits per heavy atom. The van der Waals surface area contributed by atoms with Gasteiger partial charge in [-0.15, -0.1) is 0 Å². The van der Waals surface area contributed by atoms with Crippen LogP contribution in [0.3, 0.4) is 0 Å². The quantitative estimate of drug-likeness (QED) is 0.559. The minimum atomic E-state index is -0.449. The fourth-order valence-corrected chi connectivity index (χ4v) is 2.82. The first-order valence-electron chi connectivity index (χ1n) is 8.71. The third-order valence-corrected chi connectivity index (χ3v) is 4.29. The van der Waals surface area contributed by atoms with Gasteiger partial charge in [0.25, 0.3) is 0 Å². The molecule has 4 heterocycles. The maximum Gasteiger partial charge on any atom is 0.420 e. The molecule has 0 saturated carbocycles. The molecule has 0 aliphatic heterocycles. The van der Waals surface area contributed by atoms with Crippen molar-refractivity contribution in [2.45, 2.75) is 47.0 Å². The van der Waals surface area contributed by atoms with Gasteiger partial charge in [-0.1, -0.05) is 35.1 Å². The Morgan fingerprint density at radius 2 is 1.50 bits per heavy atom. The summed E-state index contributed by atoms with van der Waals surface area (Å²) in [4.78, 5) is 32.8. The topological polar surface area (TPSA) is 107 Å². The molecule has 0 amide bonds. The van der Waals surface area contributed by atoms with Crippen LogP contribution in [0.4, 0.5) is 0 Å². The van der Waals surface area contributed by atoms with E-state index in [9.17, 15) is 9.59 Å². The zero-order valence-electron chi connectivity index (χ0n) is 15.9. The predicted molar refractivity (Wildman–Crippen MR) is 109 cm³/mol. The normalized spacial score (nSPS) is 11.0. The van der Waals surface area contributed by atoms with E-state index in [1.165, 1.54) is 4.57 Å². The Morgan fingerprint density at radius 3 is 2.11 bits per heavy atom. The minimum absolute atomic E-state index is 0. The number of aryl methyl sites for hydroxylation is 1. The summed E-state index contributed by atoms with van der Waals surface area (Å²) < 4.78 is 11.5. The maximum absolute atomic E-state index is 11.3. The molecule has 0 radical (unpaired) electrons. The molecule has 4 aromatic heterocycles. The highest BCUT2D eigenvalue weighted by atomic mass is 16.4. The lowest BCUT2D eigenvalue weighted by Gasteiger charge is -2.03. The Bertz CT molecular complexity index is 1190. The van der Waals surface area contributed by atoms with Gasteiger partial charge in [-0.25, -0.2) is 19.6 Å². The Labute approximate surface area is 162 Å². The van der Waals surface area contributed by atoms with Crippen LogP contribution in [-0.2, 0) is 7.05 Å². The van der Waals surface area contributed by atoms with Gasteiger partial charge in [0, 0.05) is 30.6 Å². The van der Waals surface area contributed by atoms with Gasteiger partial charge in [0.15, 0.2) is 22.5 Å². The van der Waals surface area contributed by atoms with Gasteiger partial charge in [0.05, 0.1) is 0 Å². The first-order chi connectivity index (χ1) is 12.8. The Kier molecular flexibility index (Phi) is 6.23. The third kappa shape index (κ3) is 3.90. The molecular weight excluding hydrogens is 360 g/mol. The molecule has 150 valence electrons. The second-order valence-corrected chi connectivity index (χ2v) is 6.88. The summed E-state index contributed by atoms with van der Waals surface area (Å²) in [6, 6.07) is 3.75. The molecule has 0 unspecified atom stereocenters. The number of hydrogen-bond acceptors (Lipinski definition) is 6. The van der Waals surface area contributed by atoms with E-state index in [1.54, 1.807) is 19.4 Å². The average Bonchev–Trinajstić information content (AvgIpc) is 3.14. The summed E-state index contributed by atoms with van der Waals surface area (Å²) in [5.41, 5.74) is 4.34. The molecule has 0 atom stereocenters. The van der Waals surface area contributed by atoms with Crippen LogP contribution in [0.5, 0.6) is 0 Å². The number of pyridine rings is 2. The van der Waals surface area contributed by atoms with Gasteiger partial charge < -0.3 is 8.83 Å². The smallest absolute Gasteiger partial charge is 0.406 e. The van der Waals surface area contributed by atoms with E-state index in [-0.39, 0.29) is 13.2 Å². The van der Waals surface area contributed by atoms with E-state index in [2.05, 4.69) is 28.8 Å². The zero-order chi connectivity index (χ0) is 19.7. The highest BCUT2D eigenvalue weighted by Gasteiger charge is 2.13. The predicted octanol–water partition coefficient (Wildman–Crippen LogP) is 3.93. The van der Waals surface area contributed by atoms with Crippen molar-refractivity contribution in [1.82, 2.24) is 19.5 Å². The molecule has 4 rings (SSSR count). The van der Waals surface area contributed by atoms with Gasteiger partial charge in [-0.2, -0.15) is 0 Å². The largest absolute Gasteiger partial charge is 0.420 e. The molecular formula is C20H26N4O4. The molecule has 8 nitrogen and oxygen atoms in total. The van der Waals surface area contributed by atoms with Crippen LogP contribution in [-0.4, -0.2) is 19.5 Å². The van der Waals surface area contributed by atoms with Crippen molar-refractivity contribution < 1.29 is 8.83 Å². The minimum Gasteiger partial charge on any atom is -0.406 e. The number of aromatic amines is 1. The number of fused-ring (bicyclic) bond motifs is 2. The van der Waals surface area contributed by atoms with Crippen molar-refractivity contribution in [3.8, 4) is 0 Å². The molecule has 1 N–H and O–H groups in total. The lowest BCUT2D eigenvalue weighted by Crippen LogP contribution is -2.08. The lowest BCUT2D eigenvalue weighted by molar-refractivity contribution is 0.524. The molecule has 0 saturated heterocycles. The van der Waals surface area contributed by atoms with Crippen LogP contribution in [0.15, 0.2) is 42.9 Å². The van der Waals surface area contributed by atoms with E-state index in [1.807, 2.05) is 26.0 Å². The van der Waals surface area contributed by atoms with Crippen LogP contribution >= 0.6 is 0 Å². The fraction of sp³-hybridized carbons (Fsp3) is 0.400. The highest BCUT2D eigenvalue weighted by Crippen LogP contribution is 2.22. The molecule has 0 aromatic carbocycles. The number of oxazole rings is 2. The summed E-state index contributed by atoms with van der Waals surface area (Å²) in [6.45, 7) is 8.20. The number of hydrogen-bond donors (Lipinski definition) is 1. The molecule has 0 aliphatic rings. The number of aromatic nitrogens is 4. The van der Waals surface area contributed by atoms with E-state index >= 15 is 0 Å². The molecule has 0 fully saturated rings. The zero-order valence-corrected chi connectivity index (χ0v) is 15.9. The highest BCUT2D eigenvalue weighted by molar-refractivity contribution is 5.73. The van der Waals surface area contributed by atoms with Crippen molar-refractivity contribution in [3.05, 3.63) is 56.8 Å². The summed E-state index contributed by atoms with van der Waals surface area (Å²) in [5, 5.41) is 0. The SMILES string of the molecule is C.CC(C)c1ccnc2[nH]c(=O)oc12.CC(C)c1ccnc2c1oc(=O)n2C. The number of nitrogens with zero attached hydrogens (tertiary/aromatic N) is 3. The van der Waals surface area contributed by atoms with Crippen molar-refractivity contribution in [3.63, 3.8) is 0 Å². The second kappa shape index (κ2) is 8.24. The molecule has 8 heteroatoms. The third-order valence-electron chi connectivity index (χ3n) is 4.29. The van der Waals surface area contributed by atoms with Crippen LogP contribution in [0.1, 0.15) is 58.1 Å². The van der Waals surface area contributed by atoms with Gasteiger partial charge in [-0.3, -0.25) is 9.55 Å². The summed E-state index contributed by atoms with van der Waals surface area (Å²) >= 11 is 0. The van der Waals surface area contributed by atoms with Gasteiger partial charge in [0.1, 0.15) is 0 Å². The van der Waals surface area contributed by atoms with Crippen molar-refractivity contribution in [2.24, 2.45) is 7.05 Å². The van der Waals surface area contributed by atoms with Crippen molar-refractivity contribution in [2.75, 3.05) is 0 Å². The monoisotopic (exact) mass is 386 g/mol. The summed E-state index contributed by atoms with van der Waals surface area (Å²) in [7, 11) is 1.66. The van der Waals surface area contributed by atoms with Crippen LogP contribution < -0.4 is 11.5 Å². The van der Waals surface area contributed by atoms with E-state index < -0.39 is 5.76 Å². The molecule has 28 heavy (non-hydrogen) atoms. The van der Waals surface area contributed by atoms with Gasteiger partial charge >= 0.3 is 11.5 Å². The molecule has 4 aromatic rings. The summed E-state index contributed by atoms with van der Waals surface area (Å²) in [6.07, 6.45) is 3.37. The lowest BCUT2D eigenvalue weighted by atomic mass is 10.0. The Hall–Kier alpha value is -3.16. The standard InChI is InChI=1S/C10H12N2O2.C9H10N2O2.CH4/c1-6(2)7-4-5-11-9-8(7)14-10(13)12(9)3;1-5(2)6-3-4-10-8-7(6)13-9(12)11-8;/h4-6H,1-3H3;3-5H,1-2H3,(H,10,11,12);1H4. The number of rotatable bonds is 2. The molecule has 0 spiro atoms. The van der Waals surface area contributed by atoms with Crippen LogP contribution in [0.2, 0.25) is 0 Å².